The Morgan fingerprint density at radius 1 is 1.35 bits per heavy atom. The van der Waals surface area contributed by atoms with Crippen molar-refractivity contribution in [2.45, 2.75) is 6.54 Å². The Morgan fingerprint density at radius 2 is 2.00 bits per heavy atom. The number of nitrogens with zero attached hydrogens (tertiary/aromatic N) is 1. The highest BCUT2D eigenvalue weighted by atomic mass is 16.2. The van der Waals surface area contributed by atoms with Crippen molar-refractivity contribution in [3.63, 3.8) is 0 Å². The normalized spacial score (nSPS) is 15.2. The molecule has 0 spiro atoms. The number of carbonyl (C=O) groups is 1. The Morgan fingerprint density at radius 3 is 2.47 bits per heavy atom. The summed E-state index contributed by atoms with van der Waals surface area (Å²) in [5, 5.41) is 6.05. The van der Waals surface area contributed by atoms with Gasteiger partial charge in [-0.05, 0) is 17.7 Å². The number of hydrogen-bond donors (Lipinski definition) is 2. The Labute approximate surface area is 102 Å². The molecule has 4 nitrogen and oxygen atoms in total. The van der Waals surface area contributed by atoms with E-state index in [1.807, 2.05) is 14.1 Å². The van der Waals surface area contributed by atoms with Gasteiger partial charge in [-0.25, -0.2) is 0 Å². The molecule has 0 unspecified atom stereocenters. The summed E-state index contributed by atoms with van der Waals surface area (Å²) in [5.74, 6) is 0.316. The first-order valence-corrected chi connectivity index (χ1v) is 5.91. The maximum Gasteiger partial charge on any atom is 0.225 e. The standard InChI is InChI=1S/C13H19N3O/c1-16(2)12-5-3-10(4-6-12)7-15-13(17)11-8-14-9-11/h3-6,11,14H,7-9H2,1-2H3,(H,15,17). The molecule has 17 heavy (non-hydrogen) atoms. The van der Waals surface area contributed by atoms with Crippen LogP contribution in [0.5, 0.6) is 0 Å². The molecule has 1 heterocycles. The molecule has 1 saturated heterocycles. The average molecular weight is 233 g/mol. The third-order valence-electron chi connectivity index (χ3n) is 3.07. The number of carbonyl (C=O) groups excluding carboxylic acids is 1. The highest BCUT2D eigenvalue weighted by Gasteiger charge is 2.24. The molecule has 92 valence electrons. The van der Waals surface area contributed by atoms with Crippen LogP contribution in [-0.2, 0) is 11.3 Å². The summed E-state index contributed by atoms with van der Waals surface area (Å²) in [6.45, 7) is 2.24. The summed E-state index contributed by atoms with van der Waals surface area (Å²) < 4.78 is 0. The molecule has 2 rings (SSSR count). The molecule has 0 bridgehead atoms. The van der Waals surface area contributed by atoms with Crippen LogP contribution >= 0.6 is 0 Å². The monoisotopic (exact) mass is 233 g/mol. The number of amides is 1. The topological polar surface area (TPSA) is 44.4 Å². The SMILES string of the molecule is CN(C)c1ccc(CNC(=O)C2CNC2)cc1. The van der Waals surface area contributed by atoms with Crippen molar-refractivity contribution in [2.24, 2.45) is 5.92 Å². The lowest BCUT2D eigenvalue weighted by Gasteiger charge is -2.25. The highest BCUT2D eigenvalue weighted by Crippen LogP contribution is 2.12. The Bertz CT molecular complexity index is 382. The van der Waals surface area contributed by atoms with E-state index >= 15 is 0 Å². The molecule has 0 radical (unpaired) electrons. The number of hydrogen-bond acceptors (Lipinski definition) is 3. The molecule has 2 N–H and O–H groups in total. The average Bonchev–Trinajstić information content (AvgIpc) is 2.24. The van der Waals surface area contributed by atoms with Gasteiger partial charge < -0.3 is 15.5 Å². The summed E-state index contributed by atoms with van der Waals surface area (Å²) in [5.41, 5.74) is 2.31. The van der Waals surface area contributed by atoms with E-state index in [-0.39, 0.29) is 11.8 Å². The van der Waals surface area contributed by atoms with E-state index < -0.39 is 0 Å². The van der Waals surface area contributed by atoms with Crippen molar-refractivity contribution in [1.29, 1.82) is 0 Å². The number of rotatable bonds is 4. The van der Waals surface area contributed by atoms with Gasteiger partial charge in [0.15, 0.2) is 0 Å². The van der Waals surface area contributed by atoms with Crippen LogP contribution < -0.4 is 15.5 Å². The number of nitrogens with one attached hydrogen (secondary N) is 2. The highest BCUT2D eigenvalue weighted by molar-refractivity contribution is 5.80. The predicted octanol–water partition coefficient (Wildman–Crippen LogP) is 0.588. The first kappa shape index (κ1) is 11.9. The van der Waals surface area contributed by atoms with E-state index in [9.17, 15) is 4.79 Å². The van der Waals surface area contributed by atoms with Gasteiger partial charge in [-0.2, -0.15) is 0 Å². The van der Waals surface area contributed by atoms with Gasteiger partial charge in [-0.1, -0.05) is 12.1 Å². The van der Waals surface area contributed by atoms with Gasteiger partial charge in [0, 0.05) is 39.4 Å². The Hall–Kier alpha value is -1.55. The fourth-order valence-electron chi connectivity index (χ4n) is 1.72. The van der Waals surface area contributed by atoms with E-state index in [1.54, 1.807) is 0 Å². The second kappa shape index (κ2) is 5.19. The lowest BCUT2D eigenvalue weighted by atomic mass is 10.0. The Kier molecular flexibility index (Phi) is 3.64. The van der Waals surface area contributed by atoms with Crippen molar-refractivity contribution < 1.29 is 4.79 Å². The zero-order chi connectivity index (χ0) is 12.3. The van der Waals surface area contributed by atoms with E-state index in [4.69, 9.17) is 0 Å². The Balaban J connectivity index is 1.84. The van der Waals surface area contributed by atoms with Crippen LogP contribution in [0.4, 0.5) is 5.69 Å². The maximum atomic E-state index is 11.6. The van der Waals surface area contributed by atoms with E-state index in [1.165, 1.54) is 5.69 Å². The zero-order valence-electron chi connectivity index (χ0n) is 10.4. The molecular formula is C13H19N3O. The molecule has 0 atom stereocenters. The summed E-state index contributed by atoms with van der Waals surface area (Å²) >= 11 is 0. The maximum absolute atomic E-state index is 11.6. The van der Waals surface area contributed by atoms with Crippen molar-refractivity contribution >= 4 is 11.6 Å². The first-order chi connectivity index (χ1) is 8.16. The fraction of sp³-hybridized carbons (Fsp3) is 0.462. The lowest BCUT2D eigenvalue weighted by Crippen LogP contribution is -2.50. The van der Waals surface area contributed by atoms with Gasteiger partial charge in [0.25, 0.3) is 0 Å². The van der Waals surface area contributed by atoms with Crippen LogP contribution in [0.1, 0.15) is 5.56 Å². The van der Waals surface area contributed by atoms with Crippen LogP contribution in [0.25, 0.3) is 0 Å². The van der Waals surface area contributed by atoms with Crippen LogP contribution in [0, 0.1) is 5.92 Å². The number of benzene rings is 1. The summed E-state index contributed by atoms with van der Waals surface area (Å²) in [7, 11) is 4.03. The molecule has 1 aromatic carbocycles. The van der Waals surface area contributed by atoms with Crippen LogP contribution in [0.15, 0.2) is 24.3 Å². The second-order valence-electron chi connectivity index (χ2n) is 4.63. The third-order valence-corrected chi connectivity index (χ3v) is 3.07. The van der Waals surface area contributed by atoms with E-state index in [0.29, 0.717) is 6.54 Å². The summed E-state index contributed by atoms with van der Waals surface area (Å²) in [6.07, 6.45) is 0. The molecular weight excluding hydrogens is 214 g/mol. The van der Waals surface area contributed by atoms with Gasteiger partial charge in [-0.3, -0.25) is 4.79 Å². The van der Waals surface area contributed by atoms with E-state index in [2.05, 4.69) is 39.8 Å². The molecule has 0 aromatic heterocycles. The van der Waals surface area contributed by atoms with Gasteiger partial charge in [0.1, 0.15) is 0 Å². The molecule has 1 fully saturated rings. The van der Waals surface area contributed by atoms with Crippen LogP contribution in [-0.4, -0.2) is 33.1 Å². The quantitative estimate of drug-likeness (QED) is 0.800. The van der Waals surface area contributed by atoms with Gasteiger partial charge in [-0.15, -0.1) is 0 Å². The molecule has 1 amide bonds. The van der Waals surface area contributed by atoms with Crippen molar-refractivity contribution in [3.05, 3.63) is 29.8 Å². The summed E-state index contributed by atoms with van der Waals surface area (Å²) in [4.78, 5) is 13.7. The van der Waals surface area contributed by atoms with Gasteiger partial charge >= 0.3 is 0 Å². The van der Waals surface area contributed by atoms with Gasteiger partial charge in [0.05, 0.1) is 5.92 Å². The van der Waals surface area contributed by atoms with Crippen LogP contribution in [0.3, 0.4) is 0 Å². The largest absolute Gasteiger partial charge is 0.378 e. The molecule has 1 aromatic rings. The second-order valence-corrected chi connectivity index (χ2v) is 4.63. The smallest absolute Gasteiger partial charge is 0.225 e. The van der Waals surface area contributed by atoms with Crippen molar-refractivity contribution in [1.82, 2.24) is 10.6 Å². The third kappa shape index (κ3) is 2.97. The van der Waals surface area contributed by atoms with Gasteiger partial charge in [0.2, 0.25) is 5.91 Å². The fourth-order valence-corrected chi connectivity index (χ4v) is 1.72. The minimum absolute atomic E-state index is 0.153. The minimum atomic E-state index is 0.153. The lowest BCUT2D eigenvalue weighted by molar-refractivity contribution is -0.126. The molecule has 1 aliphatic rings. The van der Waals surface area contributed by atoms with Crippen molar-refractivity contribution in [2.75, 3.05) is 32.1 Å². The first-order valence-electron chi connectivity index (χ1n) is 5.91. The molecule has 1 aliphatic heterocycles. The zero-order valence-corrected chi connectivity index (χ0v) is 10.4. The van der Waals surface area contributed by atoms with Crippen LogP contribution in [0.2, 0.25) is 0 Å². The molecule has 4 heteroatoms. The van der Waals surface area contributed by atoms with E-state index in [0.717, 1.165) is 18.7 Å². The number of anilines is 1. The molecule has 0 aliphatic carbocycles. The summed E-state index contributed by atoms with van der Waals surface area (Å²) in [6, 6.07) is 8.22. The van der Waals surface area contributed by atoms with Crippen molar-refractivity contribution in [3.8, 4) is 0 Å². The predicted molar refractivity (Wildman–Crippen MR) is 69.0 cm³/mol. The minimum Gasteiger partial charge on any atom is -0.378 e. The molecule has 0 saturated carbocycles.